The molecular formula is C19H13ClF3NO3S. The maximum absolute atomic E-state index is 13.0. The predicted octanol–water partition coefficient (Wildman–Crippen LogP) is 4.37. The maximum Gasteiger partial charge on any atom is 0.416 e. The van der Waals surface area contributed by atoms with E-state index in [0.717, 1.165) is 34.9 Å². The van der Waals surface area contributed by atoms with Gasteiger partial charge in [0.25, 0.3) is 11.8 Å². The Balaban J connectivity index is 2.07. The minimum Gasteiger partial charge on any atom is -0.396 e. The van der Waals surface area contributed by atoms with Gasteiger partial charge in [-0.2, -0.15) is 13.2 Å². The maximum atomic E-state index is 13.0. The summed E-state index contributed by atoms with van der Waals surface area (Å²) in [5.41, 5.74) is -0.652. The Labute approximate surface area is 167 Å². The largest absolute Gasteiger partial charge is 0.416 e. The lowest BCUT2D eigenvalue weighted by molar-refractivity contribution is -0.137. The molecule has 0 bridgehead atoms. The molecule has 0 fully saturated rings. The molecule has 1 N–H and O–H groups in total. The second-order valence-corrected chi connectivity index (χ2v) is 7.32. The van der Waals surface area contributed by atoms with E-state index in [1.54, 1.807) is 24.3 Å². The zero-order valence-corrected chi connectivity index (χ0v) is 15.7. The number of hydrogen-bond acceptors (Lipinski definition) is 4. The fraction of sp³-hybridized carbons (Fsp3) is 0.158. The molecule has 3 rings (SSSR count). The fourth-order valence-corrected chi connectivity index (χ4v) is 3.70. The Bertz CT molecular complexity index is 958. The molecule has 1 aliphatic heterocycles. The molecule has 1 aliphatic rings. The van der Waals surface area contributed by atoms with Gasteiger partial charge in [0.1, 0.15) is 0 Å². The van der Waals surface area contributed by atoms with E-state index in [0.29, 0.717) is 10.6 Å². The molecule has 0 saturated heterocycles. The number of halogens is 4. The number of thioether (sulfide) groups is 1. The number of rotatable bonds is 5. The summed E-state index contributed by atoms with van der Waals surface area (Å²) < 4.78 is 39.1. The second kappa shape index (κ2) is 7.98. The van der Waals surface area contributed by atoms with Gasteiger partial charge < -0.3 is 5.11 Å². The molecule has 0 spiro atoms. The number of imide groups is 1. The van der Waals surface area contributed by atoms with Crippen LogP contribution in [0.3, 0.4) is 0 Å². The molecule has 0 aliphatic carbocycles. The van der Waals surface area contributed by atoms with Crippen molar-refractivity contribution in [3.05, 3.63) is 69.6 Å². The summed E-state index contributed by atoms with van der Waals surface area (Å²) in [5.74, 6) is -1.30. The Hall–Kier alpha value is -2.29. The van der Waals surface area contributed by atoms with Gasteiger partial charge in [-0.1, -0.05) is 29.8 Å². The minimum absolute atomic E-state index is 0.0672. The van der Waals surface area contributed by atoms with Crippen LogP contribution in [-0.2, 0) is 15.8 Å². The number of hydrogen-bond donors (Lipinski definition) is 1. The van der Waals surface area contributed by atoms with Gasteiger partial charge in [0, 0.05) is 10.8 Å². The van der Waals surface area contributed by atoms with Crippen molar-refractivity contribution in [1.29, 1.82) is 0 Å². The summed E-state index contributed by atoms with van der Waals surface area (Å²) >= 11 is 6.84. The molecule has 4 nitrogen and oxygen atoms in total. The van der Waals surface area contributed by atoms with E-state index in [1.165, 1.54) is 6.07 Å². The first kappa shape index (κ1) is 20.4. The van der Waals surface area contributed by atoms with E-state index in [1.807, 2.05) is 0 Å². The number of benzene rings is 2. The number of aliphatic hydroxyl groups excluding tert-OH is 1. The lowest BCUT2D eigenvalue weighted by Crippen LogP contribution is -2.31. The highest BCUT2D eigenvalue weighted by molar-refractivity contribution is 8.04. The van der Waals surface area contributed by atoms with Crippen molar-refractivity contribution in [1.82, 2.24) is 0 Å². The smallest absolute Gasteiger partial charge is 0.396 e. The van der Waals surface area contributed by atoms with E-state index in [4.69, 9.17) is 16.7 Å². The van der Waals surface area contributed by atoms with E-state index in [9.17, 15) is 22.8 Å². The Morgan fingerprint density at radius 2 is 1.71 bits per heavy atom. The third-order valence-corrected chi connectivity index (χ3v) is 5.25. The number of nitrogens with zero attached hydrogens (tertiary/aromatic N) is 1. The van der Waals surface area contributed by atoms with Crippen LogP contribution in [0.15, 0.2) is 53.4 Å². The van der Waals surface area contributed by atoms with Crippen LogP contribution in [0, 0.1) is 0 Å². The van der Waals surface area contributed by atoms with Gasteiger partial charge in [0.15, 0.2) is 0 Å². The number of aliphatic hydroxyl groups is 1. The van der Waals surface area contributed by atoms with Crippen molar-refractivity contribution in [2.45, 2.75) is 6.18 Å². The molecule has 1 heterocycles. The zero-order valence-electron chi connectivity index (χ0n) is 14.2. The summed E-state index contributed by atoms with van der Waals surface area (Å²) in [6.07, 6.45) is -4.61. The number of alkyl halides is 3. The van der Waals surface area contributed by atoms with E-state index >= 15 is 0 Å². The van der Waals surface area contributed by atoms with Crippen molar-refractivity contribution in [3.8, 4) is 0 Å². The Morgan fingerprint density at radius 3 is 2.32 bits per heavy atom. The summed E-state index contributed by atoms with van der Waals surface area (Å²) in [5, 5.41) is 9.52. The van der Waals surface area contributed by atoms with E-state index in [-0.39, 0.29) is 28.5 Å². The van der Waals surface area contributed by atoms with Gasteiger partial charge in [-0.25, -0.2) is 4.90 Å². The zero-order chi connectivity index (χ0) is 20.5. The molecular weight excluding hydrogens is 415 g/mol. The number of anilines is 1. The molecule has 0 saturated carbocycles. The molecule has 2 aromatic rings. The highest BCUT2D eigenvalue weighted by atomic mass is 35.5. The minimum atomic E-state index is -4.61. The van der Waals surface area contributed by atoms with Gasteiger partial charge in [0.2, 0.25) is 0 Å². The Morgan fingerprint density at radius 1 is 1.04 bits per heavy atom. The van der Waals surface area contributed by atoms with Crippen LogP contribution in [0.1, 0.15) is 11.1 Å². The normalized spacial score (nSPS) is 15.0. The van der Waals surface area contributed by atoms with Gasteiger partial charge in [0.05, 0.1) is 28.3 Å². The van der Waals surface area contributed by atoms with Crippen molar-refractivity contribution in [2.24, 2.45) is 0 Å². The topological polar surface area (TPSA) is 57.6 Å². The van der Waals surface area contributed by atoms with Gasteiger partial charge in [-0.05, 0) is 35.9 Å². The van der Waals surface area contributed by atoms with Crippen LogP contribution in [0.25, 0.3) is 5.57 Å². The molecule has 0 atom stereocenters. The van der Waals surface area contributed by atoms with Crippen molar-refractivity contribution >= 4 is 46.4 Å². The van der Waals surface area contributed by atoms with Crippen LogP contribution in [-0.4, -0.2) is 29.3 Å². The lowest BCUT2D eigenvalue weighted by Gasteiger charge is -2.17. The Kier molecular flexibility index (Phi) is 5.83. The van der Waals surface area contributed by atoms with Crippen LogP contribution < -0.4 is 4.90 Å². The molecule has 28 heavy (non-hydrogen) atoms. The summed E-state index contributed by atoms with van der Waals surface area (Å²) in [4.78, 5) is 26.7. The predicted molar refractivity (Wildman–Crippen MR) is 102 cm³/mol. The average molecular weight is 428 g/mol. The molecule has 2 amide bonds. The standard InChI is InChI=1S/C19H13ClF3NO3S/c20-13-6-4-11(5-7-13)15-16(28-9-8-25)18(27)24(17(15)26)14-3-1-2-12(10-14)19(21,22)23/h1-7,10,25H,8-9H2. The van der Waals surface area contributed by atoms with Gasteiger partial charge in [-0.3, -0.25) is 9.59 Å². The van der Waals surface area contributed by atoms with E-state index in [2.05, 4.69) is 0 Å². The van der Waals surface area contributed by atoms with Gasteiger partial charge in [-0.15, -0.1) is 11.8 Å². The van der Waals surface area contributed by atoms with Crippen LogP contribution in [0.2, 0.25) is 5.02 Å². The summed E-state index contributed by atoms with van der Waals surface area (Å²) in [7, 11) is 0. The third kappa shape index (κ3) is 3.94. The summed E-state index contributed by atoms with van der Waals surface area (Å²) in [6, 6.07) is 10.2. The fourth-order valence-electron chi connectivity index (χ4n) is 2.72. The molecule has 2 aromatic carbocycles. The number of amides is 2. The van der Waals surface area contributed by atoms with Crippen LogP contribution >= 0.6 is 23.4 Å². The van der Waals surface area contributed by atoms with E-state index < -0.39 is 23.6 Å². The molecule has 0 radical (unpaired) electrons. The molecule has 146 valence electrons. The van der Waals surface area contributed by atoms with Crippen molar-refractivity contribution < 1.29 is 27.9 Å². The molecule has 9 heteroatoms. The van der Waals surface area contributed by atoms with Gasteiger partial charge >= 0.3 is 6.18 Å². The third-order valence-electron chi connectivity index (χ3n) is 3.94. The SMILES string of the molecule is O=C1C(SCCO)=C(c2ccc(Cl)cc2)C(=O)N1c1cccc(C(F)(F)F)c1. The van der Waals surface area contributed by atoms with Crippen molar-refractivity contribution in [2.75, 3.05) is 17.3 Å². The molecule has 0 aromatic heterocycles. The quantitative estimate of drug-likeness (QED) is 0.720. The molecule has 0 unspecified atom stereocenters. The highest BCUT2D eigenvalue weighted by Crippen LogP contribution is 2.40. The highest BCUT2D eigenvalue weighted by Gasteiger charge is 2.41. The second-order valence-electron chi connectivity index (χ2n) is 5.78. The first-order valence-corrected chi connectivity index (χ1v) is 9.40. The van der Waals surface area contributed by atoms with Crippen molar-refractivity contribution in [3.63, 3.8) is 0 Å². The first-order valence-electron chi connectivity index (χ1n) is 8.04. The number of carbonyl (C=O) groups is 2. The lowest BCUT2D eigenvalue weighted by atomic mass is 10.1. The average Bonchev–Trinajstić information content (AvgIpc) is 2.90. The van der Waals surface area contributed by atoms with Crippen LogP contribution in [0.4, 0.5) is 18.9 Å². The summed E-state index contributed by atoms with van der Waals surface area (Å²) in [6.45, 7) is -0.229. The number of carbonyl (C=O) groups excluding carboxylic acids is 2. The van der Waals surface area contributed by atoms with Crippen LogP contribution in [0.5, 0.6) is 0 Å². The monoisotopic (exact) mass is 427 g/mol. The first-order chi connectivity index (χ1) is 13.2.